The molecule has 96 valence electrons. The Bertz CT molecular complexity index is 480. The number of methoxy groups -OCH3 is 3. The topological polar surface area (TPSA) is 76.5 Å². The Morgan fingerprint density at radius 1 is 1.17 bits per heavy atom. The number of hydrogen-bond donors (Lipinski definition) is 0. The average molecular weight is 249 g/mol. The smallest absolute Gasteiger partial charge is 0.203 e. The van der Waals surface area contributed by atoms with E-state index in [1.165, 1.54) is 0 Å². The summed E-state index contributed by atoms with van der Waals surface area (Å²) < 4.78 is 15.7. The van der Waals surface area contributed by atoms with Crippen molar-refractivity contribution >= 4 is 6.08 Å². The summed E-state index contributed by atoms with van der Waals surface area (Å²) >= 11 is 0. The summed E-state index contributed by atoms with van der Waals surface area (Å²) in [7, 11) is 4.67. The molecule has 0 aromatic heterocycles. The quantitative estimate of drug-likeness (QED) is 0.441. The molecule has 1 aromatic rings. The van der Waals surface area contributed by atoms with Crippen LogP contribution in [0, 0.1) is 0 Å². The van der Waals surface area contributed by atoms with Crippen LogP contribution in [0.5, 0.6) is 17.2 Å². The molecule has 0 atom stereocenters. The van der Waals surface area contributed by atoms with Gasteiger partial charge in [-0.25, -0.2) is 0 Å². The molecule has 6 heteroatoms. The Morgan fingerprint density at radius 3 is 2.44 bits per heavy atom. The van der Waals surface area contributed by atoms with Gasteiger partial charge >= 0.3 is 0 Å². The Hall–Kier alpha value is -2.33. The fourth-order valence-corrected chi connectivity index (χ4v) is 1.52. The van der Waals surface area contributed by atoms with Crippen molar-refractivity contribution in [1.82, 2.24) is 0 Å². The summed E-state index contributed by atoms with van der Waals surface area (Å²) in [6, 6.07) is 3.63. The number of hydrogen-bond acceptors (Lipinski definition) is 4. The predicted molar refractivity (Wildman–Crippen MR) is 69.1 cm³/mol. The van der Waals surface area contributed by atoms with E-state index in [0.717, 1.165) is 5.56 Å². The molecule has 0 bridgehead atoms. The normalized spacial score (nSPS) is 9.94. The molecule has 0 N–H and O–H groups in total. The minimum absolute atomic E-state index is 0.286. The van der Waals surface area contributed by atoms with Gasteiger partial charge in [0.15, 0.2) is 11.5 Å². The molecule has 0 saturated carbocycles. The first-order valence-corrected chi connectivity index (χ1v) is 5.24. The Labute approximate surface area is 105 Å². The maximum atomic E-state index is 8.18. The molecular weight excluding hydrogens is 234 g/mol. The Morgan fingerprint density at radius 2 is 1.89 bits per heavy atom. The molecule has 0 fully saturated rings. The van der Waals surface area contributed by atoms with Crippen LogP contribution in [0.15, 0.2) is 23.3 Å². The van der Waals surface area contributed by atoms with E-state index in [9.17, 15) is 0 Å². The molecule has 1 aromatic carbocycles. The molecule has 0 unspecified atom stereocenters. The van der Waals surface area contributed by atoms with Crippen LogP contribution in [0.4, 0.5) is 0 Å². The van der Waals surface area contributed by atoms with Gasteiger partial charge in [-0.3, -0.25) is 0 Å². The van der Waals surface area contributed by atoms with Crippen molar-refractivity contribution in [1.29, 1.82) is 0 Å². The zero-order chi connectivity index (χ0) is 13.4. The third-order valence-corrected chi connectivity index (χ3v) is 2.28. The minimum atomic E-state index is 0.286. The highest BCUT2D eigenvalue weighted by molar-refractivity contribution is 5.66. The molecule has 18 heavy (non-hydrogen) atoms. The van der Waals surface area contributed by atoms with E-state index < -0.39 is 0 Å². The van der Waals surface area contributed by atoms with Crippen LogP contribution in [0.3, 0.4) is 0 Å². The molecule has 0 heterocycles. The lowest BCUT2D eigenvalue weighted by molar-refractivity contribution is 0.324. The van der Waals surface area contributed by atoms with E-state index in [1.54, 1.807) is 39.5 Å². The van der Waals surface area contributed by atoms with Gasteiger partial charge in [0, 0.05) is 17.0 Å². The lowest BCUT2D eigenvalue weighted by Gasteiger charge is -2.13. The van der Waals surface area contributed by atoms with Gasteiger partial charge in [0.25, 0.3) is 0 Å². The second kappa shape index (κ2) is 7.09. The fraction of sp³-hybridized carbons (Fsp3) is 0.333. The summed E-state index contributed by atoms with van der Waals surface area (Å²) in [5.74, 6) is 1.71. The molecule has 0 aliphatic rings. The van der Waals surface area contributed by atoms with E-state index in [2.05, 4.69) is 10.0 Å². The van der Waals surface area contributed by atoms with E-state index in [1.807, 2.05) is 6.07 Å². The van der Waals surface area contributed by atoms with E-state index in [-0.39, 0.29) is 6.54 Å². The van der Waals surface area contributed by atoms with Crippen molar-refractivity contribution in [2.75, 3.05) is 27.9 Å². The maximum Gasteiger partial charge on any atom is 0.203 e. The maximum absolute atomic E-state index is 8.18. The monoisotopic (exact) mass is 249 g/mol. The van der Waals surface area contributed by atoms with Gasteiger partial charge in [0.2, 0.25) is 5.75 Å². The third kappa shape index (κ3) is 3.09. The fourth-order valence-electron chi connectivity index (χ4n) is 1.52. The first-order valence-electron chi connectivity index (χ1n) is 5.24. The second-order valence-electron chi connectivity index (χ2n) is 3.24. The molecule has 6 nitrogen and oxygen atoms in total. The van der Waals surface area contributed by atoms with Crippen molar-refractivity contribution in [3.8, 4) is 17.2 Å². The first-order chi connectivity index (χ1) is 8.78. The van der Waals surface area contributed by atoms with Gasteiger partial charge in [-0.2, -0.15) is 0 Å². The van der Waals surface area contributed by atoms with Crippen LogP contribution < -0.4 is 14.2 Å². The highest BCUT2D eigenvalue weighted by Gasteiger charge is 2.13. The van der Waals surface area contributed by atoms with Gasteiger partial charge in [0.05, 0.1) is 21.3 Å². The van der Waals surface area contributed by atoms with Gasteiger partial charge in [-0.05, 0) is 17.7 Å². The lowest BCUT2D eigenvalue weighted by Crippen LogP contribution is -1.96. The molecule has 0 aliphatic heterocycles. The van der Waals surface area contributed by atoms with Gasteiger partial charge < -0.3 is 14.2 Å². The van der Waals surface area contributed by atoms with Gasteiger partial charge in [-0.1, -0.05) is 17.3 Å². The average Bonchev–Trinajstić information content (AvgIpc) is 2.42. The van der Waals surface area contributed by atoms with E-state index >= 15 is 0 Å². The predicted octanol–water partition coefficient (Wildman–Crippen LogP) is 3.04. The van der Waals surface area contributed by atoms with Crippen LogP contribution in [-0.2, 0) is 0 Å². The highest BCUT2D eigenvalue weighted by atomic mass is 16.5. The Kier molecular flexibility index (Phi) is 5.41. The van der Waals surface area contributed by atoms with Gasteiger partial charge in [0.1, 0.15) is 0 Å². The number of rotatable bonds is 6. The molecule has 1 rings (SSSR count). The molecule has 0 spiro atoms. The van der Waals surface area contributed by atoms with Crippen molar-refractivity contribution in [2.24, 2.45) is 5.11 Å². The number of ether oxygens (including phenoxy) is 3. The highest BCUT2D eigenvalue weighted by Crippen LogP contribution is 2.40. The van der Waals surface area contributed by atoms with Crippen molar-refractivity contribution in [3.05, 3.63) is 34.2 Å². The molecule has 0 aliphatic carbocycles. The molecule has 0 radical (unpaired) electrons. The zero-order valence-corrected chi connectivity index (χ0v) is 10.6. The molecule has 0 amide bonds. The Balaban J connectivity index is 3.12. The summed E-state index contributed by atoms with van der Waals surface area (Å²) in [5.41, 5.74) is 9.00. The minimum Gasteiger partial charge on any atom is -0.493 e. The lowest BCUT2D eigenvalue weighted by atomic mass is 10.1. The van der Waals surface area contributed by atoms with Crippen molar-refractivity contribution in [3.63, 3.8) is 0 Å². The van der Waals surface area contributed by atoms with Crippen LogP contribution in [-0.4, -0.2) is 27.9 Å². The van der Waals surface area contributed by atoms with E-state index in [4.69, 9.17) is 19.7 Å². The summed E-state index contributed by atoms with van der Waals surface area (Å²) in [6.07, 6.45) is 3.54. The van der Waals surface area contributed by atoms with E-state index in [0.29, 0.717) is 17.2 Å². The third-order valence-electron chi connectivity index (χ3n) is 2.28. The zero-order valence-electron chi connectivity index (χ0n) is 10.6. The molecular formula is C12H15N3O3. The van der Waals surface area contributed by atoms with Crippen molar-refractivity contribution in [2.45, 2.75) is 0 Å². The van der Waals surface area contributed by atoms with Crippen LogP contribution in [0.25, 0.3) is 16.5 Å². The second-order valence-corrected chi connectivity index (χ2v) is 3.24. The van der Waals surface area contributed by atoms with Crippen LogP contribution >= 0.6 is 0 Å². The van der Waals surface area contributed by atoms with Crippen molar-refractivity contribution < 1.29 is 14.2 Å². The standard InChI is InChI=1S/C12H15N3O3/c1-16-10-7-6-9(5-4-8-14-15-13)11(17-2)12(10)18-3/h4-7H,8H2,1-3H3. The number of benzene rings is 1. The molecule has 0 saturated heterocycles. The summed E-state index contributed by atoms with van der Waals surface area (Å²) in [4.78, 5) is 2.67. The summed E-state index contributed by atoms with van der Waals surface area (Å²) in [6.45, 7) is 0.286. The van der Waals surface area contributed by atoms with Gasteiger partial charge in [-0.15, -0.1) is 0 Å². The largest absolute Gasteiger partial charge is 0.493 e. The number of azide groups is 1. The van der Waals surface area contributed by atoms with Crippen LogP contribution in [0.2, 0.25) is 0 Å². The van der Waals surface area contributed by atoms with Crippen LogP contribution in [0.1, 0.15) is 5.56 Å². The SMILES string of the molecule is COc1ccc(C=CCN=[N+]=[N-])c(OC)c1OC. The first kappa shape index (κ1) is 13.7. The number of nitrogens with zero attached hydrogens (tertiary/aromatic N) is 3. The summed E-state index contributed by atoms with van der Waals surface area (Å²) in [5, 5.41) is 3.42.